The van der Waals surface area contributed by atoms with Crippen LogP contribution in [0.1, 0.15) is 48.8 Å². The number of aryl methyl sites for hydroxylation is 3. The van der Waals surface area contributed by atoms with Crippen molar-refractivity contribution >= 4 is 23.6 Å². The monoisotopic (exact) mass is 498 g/mol. The Morgan fingerprint density at radius 1 is 0.865 bits per heavy atom. The van der Waals surface area contributed by atoms with Gasteiger partial charge in [0.15, 0.2) is 0 Å². The molecule has 3 aromatic rings. The van der Waals surface area contributed by atoms with E-state index in [0.29, 0.717) is 23.6 Å². The fourth-order valence-electron chi connectivity index (χ4n) is 5.02. The number of amides is 1. The molecule has 0 saturated heterocycles. The highest BCUT2D eigenvalue weighted by Crippen LogP contribution is 2.37. The van der Waals surface area contributed by atoms with Crippen LogP contribution in [0.25, 0.3) is 11.8 Å². The van der Waals surface area contributed by atoms with E-state index in [1.54, 1.807) is 18.7 Å². The van der Waals surface area contributed by atoms with Crippen molar-refractivity contribution in [1.29, 1.82) is 0 Å². The summed E-state index contributed by atoms with van der Waals surface area (Å²) in [6, 6.07) is 15.8. The molecule has 0 aliphatic carbocycles. The number of anilines is 1. The Kier molecular flexibility index (Phi) is 7.39. The van der Waals surface area contributed by atoms with Gasteiger partial charge in [-0.2, -0.15) is 0 Å². The van der Waals surface area contributed by atoms with E-state index in [9.17, 15) is 9.59 Å². The average Bonchev–Trinajstić information content (AvgIpc) is 3.25. The van der Waals surface area contributed by atoms with E-state index in [2.05, 4.69) is 36.6 Å². The quantitative estimate of drug-likeness (QED) is 0.280. The summed E-state index contributed by atoms with van der Waals surface area (Å²) < 4.78 is 13.1. The third-order valence-electron chi connectivity index (χ3n) is 6.52. The predicted molar refractivity (Wildman–Crippen MR) is 147 cm³/mol. The van der Waals surface area contributed by atoms with Gasteiger partial charge >= 0.3 is 5.97 Å². The van der Waals surface area contributed by atoms with E-state index in [1.165, 1.54) is 11.1 Å². The molecule has 1 aromatic heterocycles. The molecule has 4 rings (SSSR count). The third-order valence-corrected chi connectivity index (χ3v) is 6.52. The predicted octanol–water partition coefficient (Wildman–Crippen LogP) is 6.38. The first-order valence-electron chi connectivity index (χ1n) is 12.6. The van der Waals surface area contributed by atoms with Crippen LogP contribution < -0.4 is 9.64 Å². The fourth-order valence-corrected chi connectivity index (χ4v) is 5.02. The average molecular weight is 499 g/mol. The number of benzene rings is 2. The Hall–Kier alpha value is -4.06. The Labute approximate surface area is 218 Å². The molecule has 1 amide bonds. The lowest BCUT2D eigenvalue weighted by atomic mass is 10.0. The number of ether oxygens (including phenoxy) is 2. The minimum absolute atomic E-state index is 0.224. The lowest BCUT2D eigenvalue weighted by molar-refractivity contribution is -0.138. The van der Waals surface area contributed by atoms with Gasteiger partial charge in [-0.05, 0) is 114 Å². The number of aromatic nitrogens is 1. The van der Waals surface area contributed by atoms with Crippen LogP contribution in [0.3, 0.4) is 0 Å². The number of hydrogen-bond acceptors (Lipinski definition) is 4. The van der Waals surface area contributed by atoms with E-state index in [1.807, 2.05) is 57.2 Å². The maximum Gasteiger partial charge on any atom is 0.340 e. The molecule has 0 bridgehead atoms. The van der Waals surface area contributed by atoms with Gasteiger partial charge in [-0.15, -0.1) is 0 Å². The van der Waals surface area contributed by atoms with Crippen molar-refractivity contribution in [2.75, 3.05) is 18.1 Å². The van der Waals surface area contributed by atoms with Crippen LogP contribution in [0.4, 0.5) is 5.69 Å². The van der Waals surface area contributed by atoms with E-state index in [4.69, 9.17) is 9.47 Å². The molecule has 1 aliphatic heterocycles. The topological polar surface area (TPSA) is 60.8 Å². The van der Waals surface area contributed by atoms with Crippen molar-refractivity contribution in [3.63, 3.8) is 0 Å². The number of carbonyl (C=O) groups is 2. The largest absolute Gasteiger partial charge is 0.494 e. The first-order valence-corrected chi connectivity index (χ1v) is 12.6. The number of rotatable bonds is 7. The number of esters is 1. The van der Waals surface area contributed by atoms with Crippen LogP contribution in [-0.4, -0.2) is 29.7 Å². The van der Waals surface area contributed by atoms with Gasteiger partial charge in [0, 0.05) is 28.5 Å². The van der Waals surface area contributed by atoms with Crippen LogP contribution >= 0.6 is 0 Å². The van der Waals surface area contributed by atoms with Crippen LogP contribution in [0, 0.1) is 27.7 Å². The molecule has 2 heterocycles. The van der Waals surface area contributed by atoms with Gasteiger partial charge in [0.2, 0.25) is 0 Å². The zero-order valence-electron chi connectivity index (χ0n) is 22.6. The summed E-state index contributed by atoms with van der Waals surface area (Å²) in [5.41, 5.74) is 8.17. The summed E-state index contributed by atoms with van der Waals surface area (Å²) in [6.07, 6.45) is 1.81. The highest BCUT2D eigenvalue weighted by atomic mass is 16.5. The maximum absolute atomic E-state index is 13.8. The molecule has 0 radical (unpaired) electrons. The van der Waals surface area contributed by atoms with E-state index in [-0.39, 0.29) is 18.1 Å². The highest BCUT2D eigenvalue weighted by molar-refractivity contribution is 6.23. The molecule has 6 nitrogen and oxygen atoms in total. The summed E-state index contributed by atoms with van der Waals surface area (Å²) in [5.74, 6) is -0.0446. The minimum Gasteiger partial charge on any atom is -0.494 e. The van der Waals surface area contributed by atoms with Gasteiger partial charge in [-0.3, -0.25) is 9.69 Å². The molecule has 0 atom stereocenters. The molecule has 0 fully saturated rings. The first-order chi connectivity index (χ1) is 17.7. The Morgan fingerprint density at radius 2 is 1.51 bits per heavy atom. The summed E-state index contributed by atoms with van der Waals surface area (Å²) in [6.45, 7) is 14.5. The SMILES string of the molecule is CCOC(=O)C1=C(C)N(c2ccc(OCC)cc2)C(=O)/C1=C\c1cc(C)n(-c2cc(C)cc(C)c2)c1C. The van der Waals surface area contributed by atoms with Crippen LogP contribution in [0.2, 0.25) is 0 Å². The van der Waals surface area contributed by atoms with Gasteiger partial charge in [0.05, 0.1) is 24.4 Å². The van der Waals surface area contributed by atoms with Gasteiger partial charge in [0.25, 0.3) is 5.91 Å². The summed E-state index contributed by atoms with van der Waals surface area (Å²) in [5, 5.41) is 0. The fraction of sp³-hybridized carbons (Fsp3) is 0.290. The van der Waals surface area contributed by atoms with Gasteiger partial charge in [0.1, 0.15) is 5.75 Å². The van der Waals surface area contributed by atoms with Crippen molar-refractivity contribution < 1.29 is 19.1 Å². The molecule has 0 N–H and O–H groups in total. The highest BCUT2D eigenvalue weighted by Gasteiger charge is 2.38. The summed E-state index contributed by atoms with van der Waals surface area (Å²) >= 11 is 0. The number of allylic oxidation sites excluding steroid dienone is 1. The molecule has 192 valence electrons. The third kappa shape index (κ3) is 4.96. The van der Waals surface area contributed by atoms with Crippen molar-refractivity contribution in [2.45, 2.75) is 48.5 Å². The summed E-state index contributed by atoms with van der Waals surface area (Å²) in [4.78, 5) is 28.4. The second-order valence-corrected chi connectivity index (χ2v) is 9.31. The number of carbonyl (C=O) groups excluding carboxylic acids is 2. The van der Waals surface area contributed by atoms with E-state index < -0.39 is 5.97 Å². The lowest BCUT2D eigenvalue weighted by Crippen LogP contribution is -2.24. The zero-order chi connectivity index (χ0) is 26.9. The van der Waals surface area contributed by atoms with Crippen molar-refractivity contribution in [3.8, 4) is 11.4 Å². The van der Waals surface area contributed by atoms with Crippen molar-refractivity contribution in [2.24, 2.45) is 0 Å². The van der Waals surface area contributed by atoms with Crippen LogP contribution in [-0.2, 0) is 14.3 Å². The molecular formula is C31H34N2O4. The standard InChI is InChI=1S/C31H34N2O4/c1-8-36-27-12-10-25(11-13-27)33-23(7)29(31(35)37-9-2)28(30(33)34)18-24-17-21(5)32(22(24)6)26-15-19(3)14-20(4)16-26/h10-18H,8-9H2,1-7H3/b28-18-. The summed E-state index contributed by atoms with van der Waals surface area (Å²) in [7, 11) is 0. The first kappa shape index (κ1) is 26.0. The molecule has 2 aromatic carbocycles. The molecular weight excluding hydrogens is 464 g/mol. The van der Waals surface area contributed by atoms with Crippen molar-refractivity contribution in [1.82, 2.24) is 4.57 Å². The minimum atomic E-state index is -0.504. The molecule has 0 saturated carbocycles. The lowest BCUT2D eigenvalue weighted by Gasteiger charge is -2.18. The van der Waals surface area contributed by atoms with Gasteiger partial charge in [-0.1, -0.05) is 6.07 Å². The van der Waals surface area contributed by atoms with E-state index >= 15 is 0 Å². The van der Waals surface area contributed by atoms with E-state index in [0.717, 1.165) is 28.4 Å². The molecule has 0 unspecified atom stereocenters. The van der Waals surface area contributed by atoms with Crippen LogP contribution in [0.5, 0.6) is 5.75 Å². The molecule has 37 heavy (non-hydrogen) atoms. The molecule has 0 spiro atoms. The molecule has 6 heteroatoms. The van der Waals surface area contributed by atoms with Crippen molar-refractivity contribution in [3.05, 3.63) is 93.5 Å². The van der Waals surface area contributed by atoms with Crippen LogP contribution in [0.15, 0.2) is 65.4 Å². The zero-order valence-corrected chi connectivity index (χ0v) is 22.6. The normalized spacial score (nSPS) is 14.6. The maximum atomic E-state index is 13.8. The van der Waals surface area contributed by atoms with Gasteiger partial charge in [-0.25, -0.2) is 4.79 Å². The smallest absolute Gasteiger partial charge is 0.340 e. The second kappa shape index (κ2) is 10.5. The Bertz CT molecular complexity index is 1400. The molecule has 1 aliphatic rings. The Balaban J connectivity index is 1.82. The van der Waals surface area contributed by atoms with Gasteiger partial charge < -0.3 is 14.0 Å². The second-order valence-electron chi connectivity index (χ2n) is 9.31. The number of nitrogens with zero attached hydrogens (tertiary/aromatic N) is 2. The number of hydrogen-bond donors (Lipinski definition) is 0. The Morgan fingerprint density at radius 3 is 2.11 bits per heavy atom.